The highest BCUT2D eigenvalue weighted by molar-refractivity contribution is 5.00. The van der Waals surface area contributed by atoms with Crippen molar-refractivity contribution in [1.29, 1.82) is 0 Å². The van der Waals surface area contributed by atoms with Crippen LogP contribution in [-0.2, 0) is 0 Å². The molecule has 1 N–H and O–H groups in total. The Kier molecular flexibility index (Phi) is 3.34. The monoisotopic (exact) mass is 213 g/mol. The van der Waals surface area contributed by atoms with Gasteiger partial charge in [-0.2, -0.15) is 0 Å². The molecule has 0 aromatic heterocycles. The highest BCUT2D eigenvalue weighted by Crippen LogP contribution is 2.41. The summed E-state index contributed by atoms with van der Waals surface area (Å²) in [5.74, 6) is 0.553. The fourth-order valence-electron chi connectivity index (χ4n) is 3.58. The zero-order valence-corrected chi connectivity index (χ0v) is 10.1. The number of halogens is 1. The Balaban J connectivity index is 1.89. The van der Waals surface area contributed by atoms with E-state index in [0.29, 0.717) is 18.0 Å². The van der Waals surface area contributed by atoms with Crippen molar-refractivity contribution in [2.24, 2.45) is 5.92 Å². The van der Waals surface area contributed by atoms with Gasteiger partial charge in [0.1, 0.15) is 5.67 Å². The van der Waals surface area contributed by atoms with Gasteiger partial charge in [0.05, 0.1) is 0 Å². The predicted octanol–water partition coefficient (Wildman–Crippen LogP) is 3.44. The summed E-state index contributed by atoms with van der Waals surface area (Å²) in [4.78, 5) is 0. The first-order chi connectivity index (χ1) is 7.11. The molecule has 15 heavy (non-hydrogen) atoms. The Labute approximate surface area is 92.8 Å². The van der Waals surface area contributed by atoms with Crippen molar-refractivity contribution in [3.8, 4) is 0 Å². The molecular weight excluding hydrogens is 189 g/mol. The van der Waals surface area contributed by atoms with E-state index in [1.807, 2.05) is 0 Å². The van der Waals surface area contributed by atoms with Gasteiger partial charge in [0.2, 0.25) is 0 Å². The average molecular weight is 213 g/mol. The lowest BCUT2D eigenvalue weighted by Crippen LogP contribution is -2.46. The Morgan fingerprint density at radius 1 is 1.33 bits per heavy atom. The molecule has 88 valence electrons. The Hall–Kier alpha value is -0.110. The van der Waals surface area contributed by atoms with Crippen molar-refractivity contribution < 1.29 is 4.39 Å². The van der Waals surface area contributed by atoms with Crippen molar-refractivity contribution in [2.75, 3.05) is 0 Å². The summed E-state index contributed by atoms with van der Waals surface area (Å²) in [6.07, 6.45) is 7.05. The SMILES string of the molecule is CCCC(C)CC1(F)CC2CCC(C1)N2. The molecule has 2 fully saturated rings. The van der Waals surface area contributed by atoms with Gasteiger partial charge in [-0.1, -0.05) is 26.7 Å². The molecule has 2 bridgehead atoms. The lowest BCUT2D eigenvalue weighted by molar-refractivity contribution is 0.0620. The maximum absolute atomic E-state index is 14.6. The van der Waals surface area contributed by atoms with Crippen molar-refractivity contribution in [2.45, 2.75) is 76.5 Å². The minimum absolute atomic E-state index is 0.475. The van der Waals surface area contributed by atoms with Crippen LogP contribution >= 0.6 is 0 Å². The summed E-state index contributed by atoms with van der Waals surface area (Å²) in [6.45, 7) is 4.39. The third-order valence-electron chi connectivity index (χ3n) is 4.06. The third kappa shape index (κ3) is 2.72. The van der Waals surface area contributed by atoms with Crippen LogP contribution < -0.4 is 5.32 Å². The summed E-state index contributed by atoms with van der Waals surface area (Å²) in [5.41, 5.74) is -0.855. The van der Waals surface area contributed by atoms with Crippen molar-refractivity contribution in [3.05, 3.63) is 0 Å². The molecule has 0 aliphatic carbocycles. The van der Waals surface area contributed by atoms with Crippen LogP contribution in [0, 0.1) is 5.92 Å². The zero-order valence-electron chi connectivity index (χ0n) is 10.1. The van der Waals surface area contributed by atoms with Gasteiger partial charge in [-0.05, 0) is 38.0 Å². The average Bonchev–Trinajstić information content (AvgIpc) is 2.45. The molecule has 2 heterocycles. The molecule has 2 aliphatic heterocycles. The highest BCUT2D eigenvalue weighted by atomic mass is 19.1. The van der Waals surface area contributed by atoms with Gasteiger partial charge in [0, 0.05) is 12.1 Å². The number of alkyl halides is 1. The van der Waals surface area contributed by atoms with Crippen LogP contribution in [0.4, 0.5) is 4.39 Å². The summed E-state index contributed by atoms with van der Waals surface area (Å²) in [7, 11) is 0. The topological polar surface area (TPSA) is 12.0 Å². The smallest absolute Gasteiger partial charge is 0.114 e. The Morgan fingerprint density at radius 3 is 2.47 bits per heavy atom. The number of rotatable bonds is 4. The summed E-state index contributed by atoms with van der Waals surface area (Å²) in [6, 6.07) is 0.949. The van der Waals surface area contributed by atoms with E-state index in [1.54, 1.807) is 0 Å². The molecule has 2 rings (SSSR count). The Morgan fingerprint density at radius 2 is 1.93 bits per heavy atom. The van der Waals surface area contributed by atoms with E-state index in [0.717, 1.165) is 19.3 Å². The molecule has 0 saturated carbocycles. The molecule has 0 aromatic carbocycles. The molecular formula is C13H24FN. The van der Waals surface area contributed by atoms with Crippen molar-refractivity contribution in [1.82, 2.24) is 5.32 Å². The normalized spacial score (nSPS) is 41.8. The predicted molar refractivity (Wildman–Crippen MR) is 61.7 cm³/mol. The van der Waals surface area contributed by atoms with E-state index < -0.39 is 5.67 Å². The zero-order chi connectivity index (χ0) is 10.9. The molecule has 3 unspecified atom stereocenters. The number of piperidine rings is 1. The fraction of sp³-hybridized carbons (Fsp3) is 1.00. The summed E-state index contributed by atoms with van der Waals surface area (Å²) < 4.78 is 14.6. The molecule has 0 spiro atoms. The first-order valence-corrected chi connectivity index (χ1v) is 6.56. The van der Waals surface area contributed by atoms with Gasteiger partial charge in [-0.25, -0.2) is 4.39 Å². The minimum Gasteiger partial charge on any atom is -0.311 e. The summed E-state index contributed by atoms with van der Waals surface area (Å²) >= 11 is 0. The lowest BCUT2D eigenvalue weighted by atomic mass is 9.81. The number of hydrogen-bond donors (Lipinski definition) is 1. The van der Waals surface area contributed by atoms with Crippen LogP contribution in [0.2, 0.25) is 0 Å². The third-order valence-corrected chi connectivity index (χ3v) is 4.06. The van der Waals surface area contributed by atoms with Crippen LogP contribution in [-0.4, -0.2) is 17.8 Å². The van der Waals surface area contributed by atoms with E-state index >= 15 is 0 Å². The first-order valence-electron chi connectivity index (χ1n) is 6.56. The van der Waals surface area contributed by atoms with Crippen LogP contribution in [0.15, 0.2) is 0 Å². The minimum atomic E-state index is -0.855. The van der Waals surface area contributed by atoms with Gasteiger partial charge in [-0.15, -0.1) is 0 Å². The van der Waals surface area contributed by atoms with E-state index in [2.05, 4.69) is 19.2 Å². The molecule has 1 nitrogen and oxygen atoms in total. The van der Waals surface area contributed by atoms with Gasteiger partial charge in [0.15, 0.2) is 0 Å². The quantitative estimate of drug-likeness (QED) is 0.754. The molecule has 0 amide bonds. The first kappa shape index (κ1) is 11.4. The molecule has 0 aromatic rings. The van der Waals surface area contributed by atoms with Gasteiger partial charge in [0.25, 0.3) is 0 Å². The van der Waals surface area contributed by atoms with E-state index in [1.165, 1.54) is 25.7 Å². The molecule has 2 saturated heterocycles. The van der Waals surface area contributed by atoms with E-state index in [-0.39, 0.29) is 0 Å². The number of fused-ring (bicyclic) bond motifs is 2. The molecule has 2 heteroatoms. The number of hydrogen-bond acceptors (Lipinski definition) is 1. The fourth-order valence-corrected chi connectivity index (χ4v) is 3.58. The molecule has 0 radical (unpaired) electrons. The highest BCUT2D eigenvalue weighted by Gasteiger charge is 2.44. The van der Waals surface area contributed by atoms with Crippen molar-refractivity contribution >= 4 is 0 Å². The second kappa shape index (κ2) is 4.40. The molecule has 2 aliphatic rings. The van der Waals surface area contributed by atoms with Gasteiger partial charge < -0.3 is 5.32 Å². The number of nitrogens with one attached hydrogen (secondary N) is 1. The van der Waals surface area contributed by atoms with Crippen molar-refractivity contribution in [3.63, 3.8) is 0 Å². The van der Waals surface area contributed by atoms with Crippen LogP contribution in [0.3, 0.4) is 0 Å². The van der Waals surface area contributed by atoms with E-state index in [4.69, 9.17) is 0 Å². The maximum atomic E-state index is 14.6. The maximum Gasteiger partial charge on any atom is 0.114 e. The Bertz CT molecular complexity index is 205. The van der Waals surface area contributed by atoms with Crippen LogP contribution in [0.1, 0.15) is 58.8 Å². The second-order valence-electron chi connectivity index (χ2n) is 5.79. The largest absolute Gasteiger partial charge is 0.311 e. The van der Waals surface area contributed by atoms with Crippen LogP contribution in [0.5, 0.6) is 0 Å². The van der Waals surface area contributed by atoms with Crippen LogP contribution in [0.25, 0.3) is 0 Å². The van der Waals surface area contributed by atoms with E-state index in [9.17, 15) is 4.39 Å². The second-order valence-corrected chi connectivity index (χ2v) is 5.79. The van der Waals surface area contributed by atoms with Gasteiger partial charge in [-0.3, -0.25) is 0 Å². The summed E-state index contributed by atoms with van der Waals surface area (Å²) in [5, 5.41) is 3.51. The standard InChI is InChI=1S/C13H24FN/c1-3-4-10(2)7-13(14)8-11-5-6-12(9-13)15-11/h10-12,15H,3-9H2,1-2H3. The van der Waals surface area contributed by atoms with Gasteiger partial charge >= 0.3 is 0 Å². The molecule has 3 atom stereocenters. The lowest BCUT2D eigenvalue weighted by Gasteiger charge is -2.36.